The van der Waals surface area contributed by atoms with Crippen molar-refractivity contribution in [3.8, 4) is 17.2 Å². The molecule has 1 N–H and O–H groups in total. The Bertz CT molecular complexity index is 951. The molecule has 0 aliphatic rings. The molecule has 7 heteroatoms. The summed E-state index contributed by atoms with van der Waals surface area (Å²) in [5, 5.41) is 14.3. The summed E-state index contributed by atoms with van der Waals surface area (Å²) in [6.45, 7) is 8.10. The van der Waals surface area contributed by atoms with Crippen LogP contribution in [0.5, 0.6) is 17.2 Å². The summed E-state index contributed by atoms with van der Waals surface area (Å²) in [6.07, 6.45) is -0.618. The van der Waals surface area contributed by atoms with Gasteiger partial charge in [-0.05, 0) is 57.6 Å². The Balaban J connectivity index is 1.43. The topological polar surface area (TPSA) is 77.2 Å². The summed E-state index contributed by atoms with van der Waals surface area (Å²) in [7, 11) is 1.97. The number of ether oxygens (including phenoxy) is 3. The Labute approximate surface area is 189 Å². The summed E-state index contributed by atoms with van der Waals surface area (Å²) in [5.41, 5.74) is 2.96. The molecule has 0 fully saturated rings. The van der Waals surface area contributed by atoms with Crippen molar-refractivity contribution >= 4 is 0 Å². The minimum Gasteiger partial charge on any atom is -0.490 e. The van der Waals surface area contributed by atoms with Gasteiger partial charge in [0, 0.05) is 13.1 Å². The number of para-hydroxylation sites is 2. The fourth-order valence-electron chi connectivity index (χ4n) is 3.37. The lowest BCUT2D eigenvalue weighted by Crippen LogP contribution is -2.32. The van der Waals surface area contributed by atoms with Crippen LogP contribution in [-0.2, 0) is 13.2 Å². The van der Waals surface area contributed by atoms with Gasteiger partial charge < -0.3 is 23.8 Å². The lowest BCUT2D eigenvalue weighted by molar-refractivity contribution is 0.0730. The van der Waals surface area contributed by atoms with E-state index in [9.17, 15) is 5.11 Å². The van der Waals surface area contributed by atoms with Crippen LogP contribution in [-0.4, -0.2) is 48.1 Å². The summed E-state index contributed by atoms with van der Waals surface area (Å²) in [6, 6.07) is 15.4. The number of aryl methyl sites for hydroxylation is 2. The standard InChI is InChI=1S/C25H32N2O5/c1-5-29-24-8-6-7-9-25(24)31-16-21(28)15-27(4)14-20-10-12-22(13-11-20)30-17-23-18(2)26-32-19(23)3/h6-13,21,28H,5,14-17H2,1-4H3/t21-/m1/s1. The van der Waals surface area contributed by atoms with Gasteiger partial charge in [-0.3, -0.25) is 4.90 Å². The number of benzene rings is 2. The molecule has 0 spiro atoms. The van der Waals surface area contributed by atoms with E-state index in [1.165, 1.54) is 0 Å². The summed E-state index contributed by atoms with van der Waals surface area (Å²) < 4.78 is 22.3. The molecule has 0 saturated carbocycles. The average Bonchev–Trinajstić information content (AvgIpc) is 3.10. The minimum atomic E-state index is -0.618. The van der Waals surface area contributed by atoms with Crippen LogP contribution in [0.3, 0.4) is 0 Å². The van der Waals surface area contributed by atoms with Crippen LogP contribution in [0.25, 0.3) is 0 Å². The Morgan fingerprint density at radius 1 is 1.00 bits per heavy atom. The van der Waals surface area contributed by atoms with Gasteiger partial charge in [0.2, 0.25) is 0 Å². The Morgan fingerprint density at radius 2 is 1.69 bits per heavy atom. The van der Waals surface area contributed by atoms with Gasteiger partial charge in [0.05, 0.1) is 17.9 Å². The molecule has 0 radical (unpaired) electrons. The van der Waals surface area contributed by atoms with Crippen LogP contribution in [0.2, 0.25) is 0 Å². The van der Waals surface area contributed by atoms with E-state index in [1.807, 2.05) is 76.3 Å². The fourth-order valence-corrected chi connectivity index (χ4v) is 3.37. The van der Waals surface area contributed by atoms with Gasteiger partial charge in [0.1, 0.15) is 30.8 Å². The molecule has 1 aromatic heterocycles. The lowest BCUT2D eigenvalue weighted by atomic mass is 10.2. The normalized spacial score (nSPS) is 12.1. The van der Waals surface area contributed by atoms with Crippen molar-refractivity contribution in [3.63, 3.8) is 0 Å². The smallest absolute Gasteiger partial charge is 0.161 e. The zero-order valence-electron chi connectivity index (χ0n) is 19.2. The van der Waals surface area contributed by atoms with Crippen molar-refractivity contribution in [1.29, 1.82) is 0 Å². The third-order valence-electron chi connectivity index (χ3n) is 5.04. The second kappa shape index (κ2) is 11.5. The summed E-state index contributed by atoms with van der Waals surface area (Å²) in [4.78, 5) is 2.06. The van der Waals surface area contributed by atoms with Crippen LogP contribution in [0, 0.1) is 13.8 Å². The maximum Gasteiger partial charge on any atom is 0.161 e. The number of likely N-dealkylation sites (N-methyl/N-ethyl adjacent to an activating group) is 1. The number of hydrogen-bond donors (Lipinski definition) is 1. The van der Waals surface area contributed by atoms with Crippen LogP contribution in [0.1, 0.15) is 29.5 Å². The molecule has 3 aromatic rings. The molecule has 0 bridgehead atoms. The molecular formula is C25H32N2O5. The van der Waals surface area contributed by atoms with Gasteiger partial charge in [-0.25, -0.2) is 0 Å². The highest BCUT2D eigenvalue weighted by atomic mass is 16.5. The van der Waals surface area contributed by atoms with E-state index in [4.69, 9.17) is 18.7 Å². The molecule has 0 aliphatic heterocycles. The molecule has 172 valence electrons. The molecule has 0 saturated heterocycles. The van der Waals surface area contributed by atoms with Crippen molar-refractivity contribution in [1.82, 2.24) is 10.1 Å². The van der Waals surface area contributed by atoms with Crippen molar-refractivity contribution in [3.05, 3.63) is 71.1 Å². The first kappa shape index (κ1) is 23.6. The van der Waals surface area contributed by atoms with E-state index in [2.05, 4.69) is 10.1 Å². The van der Waals surface area contributed by atoms with Crippen LogP contribution in [0.15, 0.2) is 53.1 Å². The van der Waals surface area contributed by atoms with Gasteiger partial charge in [-0.15, -0.1) is 0 Å². The highest BCUT2D eigenvalue weighted by Gasteiger charge is 2.12. The second-order valence-electron chi connectivity index (χ2n) is 7.78. The quantitative estimate of drug-likeness (QED) is 0.453. The molecule has 7 nitrogen and oxygen atoms in total. The third-order valence-corrected chi connectivity index (χ3v) is 5.04. The number of aromatic nitrogens is 1. The van der Waals surface area contributed by atoms with E-state index in [0.717, 1.165) is 28.3 Å². The minimum absolute atomic E-state index is 0.197. The molecule has 0 amide bonds. The van der Waals surface area contributed by atoms with Gasteiger partial charge in [0.15, 0.2) is 11.5 Å². The zero-order valence-corrected chi connectivity index (χ0v) is 19.2. The second-order valence-corrected chi connectivity index (χ2v) is 7.78. The summed E-state index contributed by atoms with van der Waals surface area (Å²) >= 11 is 0. The van der Waals surface area contributed by atoms with E-state index in [0.29, 0.717) is 37.8 Å². The van der Waals surface area contributed by atoms with E-state index >= 15 is 0 Å². The Morgan fingerprint density at radius 3 is 2.31 bits per heavy atom. The van der Waals surface area contributed by atoms with E-state index < -0.39 is 6.10 Å². The first-order chi connectivity index (χ1) is 15.5. The average molecular weight is 441 g/mol. The molecule has 2 aromatic carbocycles. The predicted octanol–water partition coefficient (Wildman–Crippen LogP) is 4.14. The summed E-state index contributed by atoms with van der Waals surface area (Å²) in [5.74, 6) is 2.90. The van der Waals surface area contributed by atoms with Gasteiger partial charge in [-0.1, -0.05) is 29.4 Å². The van der Waals surface area contributed by atoms with E-state index in [1.54, 1.807) is 0 Å². The molecular weight excluding hydrogens is 408 g/mol. The van der Waals surface area contributed by atoms with E-state index in [-0.39, 0.29) is 6.61 Å². The third kappa shape index (κ3) is 6.73. The molecule has 1 atom stereocenters. The van der Waals surface area contributed by atoms with Crippen LogP contribution >= 0.6 is 0 Å². The first-order valence-electron chi connectivity index (χ1n) is 10.8. The Hall–Kier alpha value is -3.03. The van der Waals surface area contributed by atoms with Gasteiger partial charge in [-0.2, -0.15) is 0 Å². The molecule has 32 heavy (non-hydrogen) atoms. The van der Waals surface area contributed by atoms with Crippen molar-refractivity contribution < 1.29 is 23.8 Å². The number of hydrogen-bond acceptors (Lipinski definition) is 7. The van der Waals surface area contributed by atoms with Crippen LogP contribution in [0.4, 0.5) is 0 Å². The number of aliphatic hydroxyl groups is 1. The van der Waals surface area contributed by atoms with Crippen LogP contribution < -0.4 is 14.2 Å². The maximum absolute atomic E-state index is 10.4. The van der Waals surface area contributed by atoms with Gasteiger partial charge >= 0.3 is 0 Å². The zero-order chi connectivity index (χ0) is 22.9. The highest BCUT2D eigenvalue weighted by Crippen LogP contribution is 2.26. The molecule has 0 aliphatic carbocycles. The van der Waals surface area contributed by atoms with Gasteiger partial charge in [0.25, 0.3) is 0 Å². The molecule has 1 heterocycles. The Kier molecular flexibility index (Phi) is 8.53. The number of aliphatic hydroxyl groups excluding tert-OH is 1. The van der Waals surface area contributed by atoms with Crippen molar-refractivity contribution in [2.75, 3.05) is 26.8 Å². The number of rotatable bonds is 12. The largest absolute Gasteiger partial charge is 0.490 e. The monoisotopic (exact) mass is 440 g/mol. The number of nitrogens with zero attached hydrogens (tertiary/aromatic N) is 2. The first-order valence-corrected chi connectivity index (χ1v) is 10.8. The molecule has 3 rings (SSSR count). The highest BCUT2D eigenvalue weighted by molar-refractivity contribution is 5.39. The predicted molar refractivity (Wildman–Crippen MR) is 122 cm³/mol. The van der Waals surface area contributed by atoms with Crippen molar-refractivity contribution in [2.24, 2.45) is 0 Å². The molecule has 0 unspecified atom stereocenters. The fraction of sp³-hybridized carbons (Fsp3) is 0.400. The lowest BCUT2D eigenvalue weighted by Gasteiger charge is -2.21. The maximum atomic E-state index is 10.4. The SMILES string of the molecule is CCOc1ccccc1OC[C@H](O)CN(C)Cc1ccc(OCc2c(C)noc2C)cc1. The van der Waals surface area contributed by atoms with Crippen molar-refractivity contribution in [2.45, 2.75) is 40.0 Å².